The van der Waals surface area contributed by atoms with Crippen LogP contribution in [-0.2, 0) is 11.8 Å². The summed E-state index contributed by atoms with van der Waals surface area (Å²) in [5.74, 6) is 2.32. The summed E-state index contributed by atoms with van der Waals surface area (Å²) < 4.78 is 18.4. The number of carbonyl (C=O) groups excluding carboxylic acids is 1. The van der Waals surface area contributed by atoms with E-state index in [1.165, 1.54) is 0 Å². The Morgan fingerprint density at radius 1 is 1.09 bits per heavy atom. The second kappa shape index (κ2) is 10.2. The number of aryl methyl sites for hydroxylation is 1. The first-order valence-corrected chi connectivity index (χ1v) is 10.7. The van der Waals surface area contributed by atoms with Crippen molar-refractivity contribution in [2.75, 3.05) is 39.7 Å². The van der Waals surface area contributed by atoms with Gasteiger partial charge in [0, 0.05) is 46.1 Å². The zero-order valence-electron chi connectivity index (χ0n) is 19.6. The van der Waals surface area contributed by atoms with Crippen LogP contribution in [0.1, 0.15) is 10.5 Å². The van der Waals surface area contributed by atoms with E-state index < -0.39 is 0 Å². The van der Waals surface area contributed by atoms with Crippen molar-refractivity contribution in [2.45, 2.75) is 0 Å². The Kier molecular flexibility index (Phi) is 6.93. The number of nitrogens with one attached hydrogen (secondary N) is 1. The maximum atomic E-state index is 12.6. The fraction of sp³-hybridized carbons (Fsp3) is 0.240. The van der Waals surface area contributed by atoms with Crippen LogP contribution in [0.5, 0.6) is 17.2 Å². The molecule has 34 heavy (non-hydrogen) atoms. The molecule has 4 rings (SSSR count). The largest absolute Gasteiger partial charge is 0.495 e. The third-order valence-electron chi connectivity index (χ3n) is 5.37. The zero-order chi connectivity index (χ0) is 24.1. The van der Waals surface area contributed by atoms with Crippen molar-refractivity contribution in [1.82, 2.24) is 19.4 Å². The topological polar surface area (TPSA) is 90.7 Å². The molecule has 2 aromatic carbocycles. The summed E-state index contributed by atoms with van der Waals surface area (Å²) in [7, 11) is 6.88. The van der Waals surface area contributed by atoms with Crippen molar-refractivity contribution in [1.29, 1.82) is 0 Å². The minimum absolute atomic E-state index is 0.199. The molecular weight excluding hydrogens is 434 g/mol. The molecule has 0 saturated carbocycles. The van der Waals surface area contributed by atoms with Gasteiger partial charge < -0.3 is 29.0 Å². The van der Waals surface area contributed by atoms with Gasteiger partial charge in [-0.25, -0.2) is 4.98 Å². The van der Waals surface area contributed by atoms with Gasteiger partial charge in [0.05, 0.1) is 30.4 Å². The quantitative estimate of drug-likeness (QED) is 0.399. The lowest BCUT2D eigenvalue weighted by Gasteiger charge is -2.16. The number of carbonyl (C=O) groups is 1. The maximum Gasteiger partial charge on any atom is 0.272 e. The number of nitrogens with zero attached hydrogens (tertiary/aromatic N) is 4. The minimum atomic E-state index is -0.199. The van der Waals surface area contributed by atoms with Crippen LogP contribution in [0.2, 0.25) is 0 Å². The number of amides is 1. The Balaban J connectivity index is 1.54. The summed E-state index contributed by atoms with van der Waals surface area (Å²) in [6.07, 6.45) is 1.56. The van der Waals surface area contributed by atoms with Crippen LogP contribution >= 0.6 is 0 Å². The summed E-state index contributed by atoms with van der Waals surface area (Å²) >= 11 is 0. The van der Waals surface area contributed by atoms with E-state index in [9.17, 15) is 4.79 Å². The Morgan fingerprint density at radius 2 is 1.88 bits per heavy atom. The van der Waals surface area contributed by atoms with Gasteiger partial charge in [-0.1, -0.05) is 12.1 Å². The summed E-state index contributed by atoms with van der Waals surface area (Å²) in [6, 6.07) is 16.7. The monoisotopic (exact) mass is 461 g/mol. The van der Waals surface area contributed by atoms with Gasteiger partial charge in [0.15, 0.2) is 0 Å². The van der Waals surface area contributed by atoms with E-state index in [0.717, 1.165) is 22.5 Å². The van der Waals surface area contributed by atoms with Crippen molar-refractivity contribution in [2.24, 2.45) is 7.05 Å². The molecule has 2 heterocycles. The normalized spacial score (nSPS) is 10.8. The fourth-order valence-electron chi connectivity index (χ4n) is 3.48. The Labute approximate surface area is 197 Å². The third-order valence-corrected chi connectivity index (χ3v) is 5.37. The molecule has 0 atom stereocenters. The van der Waals surface area contributed by atoms with E-state index in [-0.39, 0.29) is 5.91 Å². The zero-order valence-corrected chi connectivity index (χ0v) is 19.6. The molecule has 0 saturated heterocycles. The molecule has 0 spiro atoms. The number of likely N-dealkylation sites (N-methyl/N-ethyl adjacent to an activating group) is 1. The molecule has 1 N–H and O–H groups in total. The number of anilines is 2. The molecule has 0 bridgehead atoms. The molecule has 176 valence electrons. The number of hydrogen-bond acceptors (Lipinski definition) is 7. The van der Waals surface area contributed by atoms with Gasteiger partial charge in [-0.3, -0.25) is 9.78 Å². The number of aromatic nitrogens is 3. The van der Waals surface area contributed by atoms with E-state index in [1.807, 2.05) is 54.1 Å². The first-order chi connectivity index (χ1) is 16.5. The smallest absolute Gasteiger partial charge is 0.272 e. The lowest BCUT2D eigenvalue weighted by molar-refractivity contribution is 0.0738. The molecule has 1 amide bonds. The summed E-state index contributed by atoms with van der Waals surface area (Å²) in [6.45, 7) is 0.931. The number of hydrogen-bond donors (Lipinski definition) is 1. The average Bonchev–Trinajstić information content (AvgIpc) is 3.16. The Morgan fingerprint density at radius 3 is 2.68 bits per heavy atom. The summed E-state index contributed by atoms with van der Waals surface area (Å²) in [4.78, 5) is 23.0. The van der Waals surface area contributed by atoms with Gasteiger partial charge in [0.1, 0.15) is 22.9 Å². The van der Waals surface area contributed by atoms with E-state index in [2.05, 4.69) is 10.3 Å². The number of methoxy groups -OCH3 is 2. The predicted octanol–water partition coefficient (Wildman–Crippen LogP) is 4.23. The molecule has 0 aliphatic rings. The van der Waals surface area contributed by atoms with Crippen LogP contribution in [0.3, 0.4) is 0 Å². The van der Waals surface area contributed by atoms with Crippen LogP contribution in [-0.4, -0.2) is 59.8 Å². The van der Waals surface area contributed by atoms with Gasteiger partial charge in [0.2, 0.25) is 5.95 Å². The van der Waals surface area contributed by atoms with E-state index in [4.69, 9.17) is 19.2 Å². The molecule has 2 aromatic heterocycles. The maximum absolute atomic E-state index is 12.6. The second-order valence-corrected chi connectivity index (χ2v) is 7.67. The number of para-hydroxylation sites is 2. The molecule has 0 aliphatic carbocycles. The number of pyridine rings is 1. The molecule has 4 aromatic rings. The standard InChI is InChI=1S/C25H27N5O4/c1-29(13-14-32-3)24(31)21-16-18(11-12-26-21)34-17-9-10-22-20(15-17)28-25(30(22)2)27-19-7-5-6-8-23(19)33-4/h5-12,15-16H,13-14H2,1-4H3,(H,27,28). The van der Waals surface area contributed by atoms with Gasteiger partial charge >= 0.3 is 0 Å². The average molecular weight is 462 g/mol. The van der Waals surface area contributed by atoms with Gasteiger partial charge in [-0.15, -0.1) is 0 Å². The predicted molar refractivity (Wildman–Crippen MR) is 130 cm³/mol. The van der Waals surface area contributed by atoms with Crippen LogP contribution < -0.4 is 14.8 Å². The third kappa shape index (κ3) is 4.94. The SMILES string of the molecule is COCCN(C)C(=O)c1cc(Oc2ccc3c(c2)nc(Nc2ccccc2OC)n3C)ccn1. The number of benzene rings is 2. The first kappa shape index (κ1) is 23.1. The molecule has 9 heteroatoms. The van der Waals surface area contributed by atoms with Crippen LogP contribution in [0.4, 0.5) is 11.6 Å². The summed E-state index contributed by atoms with van der Waals surface area (Å²) in [5, 5.41) is 3.32. The minimum Gasteiger partial charge on any atom is -0.495 e. The molecule has 9 nitrogen and oxygen atoms in total. The molecule has 0 aliphatic heterocycles. The van der Waals surface area contributed by atoms with Crippen molar-refractivity contribution < 1.29 is 19.0 Å². The van der Waals surface area contributed by atoms with E-state index in [0.29, 0.717) is 36.3 Å². The Bertz CT molecular complexity index is 1300. The number of fused-ring (bicyclic) bond motifs is 1. The number of imidazole rings is 1. The van der Waals surface area contributed by atoms with Crippen molar-refractivity contribution in [3.8, 4) is 17.2 Å². The second-order valence-electron chi connectivity index (χ2n) is 7.67. The van der Waals surface area contributed by atoms with Crippen molar-refractivity contribution in [3.63, 3.8) is 0 Å². The lowest BCUT2D eigenvalue weighted by Crippen LogP contribution is -2.30. The highest BCUT2D eigenvalue weighted by atomic mass is 16.5. The lowest BCUT2D eigenvalue weighted by atomic mass is 10.3. The highest BCUT2D eigenvalue weighted by molar-refractivity contribution is 5.92. The number of ether oxygens (including phenoxy) is 3. The molecule has 0 unspecified atom stereocenters. The van der Waals surface area contributed by atoms with Crippen LogP contribution in [0, 0.1) is 0 Å². The first-order valence-electron chi connectivity index (χ1n) is 10.7. The van der Waals surface area contributed by atoms with Crippen LogP contribution in [0.25, 0.3) is 11.0 Å². The van der Waals surface area contributed by atoms with Gasteiger partial charge in [-0.2, -0.15) is 0 Å². The highest BCUT2D eigenvalue weighted by Gasteiger charge is 2.15. The van der Waals surface area contributed by atoms with Gasteiger partial charge in [0.25, 0.3) is 5.91 Å². The van der Waals surface area contributed by atoms with Gasteiger partial charge in [-0.05, 0) is 30.3 Å². The summed E-state index contributed by atoms with van der Waals surface area (Å²) in [5.41, 5.74) is 2.83. The van der Waals surface area contributed by atoms with Crippen molar-refractivity contribution >= 4 is 28.6 Å². The van der Waals surface area contributed by atoms with Crippen molar-refractivity contribution in [3.05, 3.63) is 66.5 Å². The van der Waals surface area contributed by atoms with Crippen LogP contribution in [0.15, 0.2) is 60.8 Å². The van der Waals surface area contributed by atoms with E-state index >= 15 is 0 Å². The highest BCUT2D eigenvalue weighted by Crippen LogP contribution is 2.30. The molecular formula is C25H27N5O4. The fourth-order valence-corrected chi connectivity index (χ4v) is 3.48. The molecule has 0 fully saturated rings. The van der Waals surface area contributed by atoms with E-state index in [1.54, 1.807) is 44.5 Å². The number of rotatable bonds is 9. The molecule has 0 radical (unpaired) electrons. The Hall–Kier alpha value is -4.11.